The standard InChI is InChI=1S/C21H34N4O9/c26-24(27)18-1-2-20(21(17-18)25(28)29)23-7-8-30-9-10-31-11-12-32-13-14-33-15-16-34-19-3-5-22-6-4-19/h1-2,17,19,22-23H,3-16H2. The lowest BCUT2D eigenvalue weighted by Crippen LogP contribution is -2.33. The molecule has 0 radical (unpaired) electrons. The Morgan fingerprint density at radius 2 is 1.38 bits per heavy atom. The number of non-ortho nitro benzene ring substituents is 1. The van der Waals surface area contributed by atoms with Crippen molar-refractivity contribution in [1.82, 2.24) is 5.32 Å². The molecule has 2 N–H and O–H groups in total. The fourth-order valence-electron chi connectivity index (χ4n) is 3.19. The minimum atomic E-state index is -0.675. The largest absolute Gasteiger partial charge is 0.377 e. The van der Waals surface area contributed by atoms with Crippen LogP contribution in [0.4, 0.5) is 17.1 Å². The molecule has 0 aliphatic carbocycles. The van der Waals surface area contributed by atoms with Crippen LogP contribution in [-0.4, -0.2) is 95.0 Å². The van der Waals surface area contributed by atoms with Gasteiger partial charge in [-0.15, -0.1) is 0 Å². The van der Waals surface area contributed by atoms with Crippen molar-refractivity contribution in [2.24, 2.45) is 0 Å². The second kappa shape index (κ2) is 17.1. The van der Waals surface area contributed by atoms with E-state index in [9.17, 15) is 20.2 Å². The van der Waals surface area contributed by atoms with E-state index in [0.29, 0.717) is 72.1 Å². The highest BCUT2D eigenvalue weighted by Gasteiger charge is 2.19. The highest BCUT2D eigenvalue weighted by Crippen LogP contribution is 2.28. The zero-order valence-corrected chi connectivity index (χ0v) is 19.3. The first-order valence-electron chi connectivity index (χ1n) is 11.4. The zero-order chi connectivity index (χ0) is 24.4. The number of nitrogens with zero attached hydrogens (tertiary/aromatic N) is 2. The molecule has 1 aliphatic heterocycles. The van der Waals surface area contributed by atoms with Crippen LogP contribution in [0.3, 0.4) is 0 Å². The first-order chi connectivity index (χ1) is 16.6. The molecular weight excluding hydrogens is 452 g/mol. The maximum atomic E-state index is 11.1. The van der Waals surface area contributed by atoms with E-state index < -0.39 is 9.85 Å². The molecule has 1 saturated heterocycles. The summed E-state index contributed by atoms with van der Waals surface area (Å²) in [5, 5.41) is 28.0. The topological polar surface area (TPSA) is 156 Å². The van der Waals surface area contributed by atoms with Crippen molar-refractivity contribution in [3.8, 4) is 0 Å². The third kappa shape index (κ3) is 11.6. The summed E-state index contributed by atoms with van der Waals surface area (Å²) in [4.78, 5) is 20.5. The number of nitro benzene ring substituents is 2. The quantitative estimate of drug-likeness (QED) is 0.167. The molecule has 13 nitrogen and oxygen atoms in total. The van der Waals surface area contributed by atoms with Gasteiger partial charge >= 0.3 is 0 Å². The average molecular weight is 487 g/mol. The van der Waals surface area contributed by atoms with E-state index in [1.165, 1.54) is 12.1 Å². The Labute approximate surface area is 198 Å². The Hall–Kier alpha value is -2.42. The van der Waals surface area contributed by atoms with Crippen LogP contribution in [0.1, 0.15) is 12.8 Å². The SMILES string of the molecule is O=[N+]([O-])c1ccc(NCCOCCOCCOCCOCCOC2CCNCC2)c([N+](=O)[O-])c1. The fourth-order valence-corrected chi connectivity index (χ4v) is 3.19. The summed E-state index contributed by atoms with van der Waals surface area (Å²) >= 11 is 0. The number of piperidine rings is 1. The second-order valence-corrected chi connectivity index (χ2v) is 7.41. The number of nitro groups is 2. The molecule has 1 aliphatic rings. The monoisotopic (exact) mass is 486 g/mol. The fraction of sp³-hybridized carbons (Fsp3) is 0.714. The van der Waals surface area contributed by atoms with Gasteiger partial charge in [-0.05, 0) is 32.0 Å². The predicted octanol–water partition coefficient (Wildman–Crippen LogP) is 1.75. The van der Waals surface area contributed by atoms with Gasteiger partial charge in [0.05, 0.1) is 81.5 Å². The molecule has 1 fully saturated rings. The first-order valence-corrected chi connectivity index (χ1v) is 11.4. The van der Waals surface area contributed by atoms with Gasteiger partial charge in [0.1, 0.15) is 5.69 Å². The number of hydrogen-bond acceptors (Lipinski definition) is 11. The van der Waals surface area contributed by atoms with Crippen molar-refractivity contribution in [2.45, 2.75) is 18.9 Å². The van der Waals surface area contributed by atoms with Gasteiger partial charge in [0.2, 0.25) is 0 Å². The van der Waals surface area contributed by atoms with E-state index in [1.54, 1.807) is 0 Å². The van der Waals surface area contributed by atoms with Crippen LogP contribution < -0.4 is 10.6 Å². The van der Waals surface area contributed by atoms with E-state index in [-0.39, 0.29) is 17.1 Å². The van der Waals surface area contributed by atoms with Gasteiger partial charge in [-0.3, -0.25) is 20.2 Å². The van der Waals surface area contributed by atoms with E-state index >= 15 is 0 Å². The molecule has 13 heteroatoms. The highest BCUT2D eigenvalue weighted by atomic mass is 16.6. The van der Waals surface area contributed by atoms with Gasteiger partial charge < -0.3 is 34.3 Å². The van der Waals surface area contributed by atoms with Gasteiger partial charge in [0.15, 0.2) is 0 Å². The van der Waals surface area contributed by atoms with E-state index in [1.807, 2.05) is 0 Å². The Morgan fingerprint density at radius 3 is 1.94 bits per heavy atom. The van der Waals surface area contributed by atoms with Gasteiger partial charge in [-0.2, -0.15) is 0 Å². The van der Waals surface area contributed by atoms with Crippen LogP contribution in [0.2, 0.25) is 0 Å². The summed E-state index contributed by atoms with van der Waals surface area (Å²) in [5.41, 5.74) is -0.487. The number of nitrogens with one attached hydrogen (secondary N) is 2. The Bertz CT molecular complexity index is 732. The van der Waals surface area contributed by atoms with Crippen LogP contribution in [0.15, 0.2) is 18.2 Å². The molecular formula is C21H34N4O9. The summed E-state index contributed by atoms with van der Waals surface area (Å²) in [6.07, 6.45) is 2.45. The summed E-state index contributed by atoms with van der Waals surface area (Å²) in [6.45, 7) is 6.47. The van der Waals surface area contributed by atoms with Crippen LogP contribution in [-0.2, 0) is 23.7 Å². The average Bonchev–Trinajstić information content (AvgIpc) is 2.84. The number of ether oxygens (including phenoxy) is 5. The van der Waals surface area contributed by atoms with Crippen LogP contribution in [0.5, 0.6) is 0 Å². The second-order valence-electron chi connectivity index (χ2n) is 7.41. The normalized spacial score (nSPS) is 14.2. The van der Waals surface area contributed by atoms with Crippen molar-refractivity contribution < 1.29 is 33.5 Å². The molecule has 0 unspecified atom stereocenters. The molecule has 0 atom stereocenters. The number of anilines is 1. The lowest BCUT2D eigenvalue weighted by atomic mass is 10.1. The minimum Gasteiger partial charge on any atom is -0.377 e. The molecule has 34 heavy (non-hydrogen) atoms. The molecule has 0 amide bonds. The zero-order valence-electron chi connectivity index (χ0n) is 19.3. The van der Waals surface area contributed by atoms with Gasteiger partial charge in [-0.1, -0.05) is 0 Å². The van der Waals surface area contributed by atoms with Crippen LogP contribution in [0, 0.1) is 20.2 Å². The van der Waals surface area contributed by atoms with Crippen molar-refractivity contribution in [3.05, 3.63) is 38.4 Å². The lowest BCUT2D eigenvalue weighted by Gasteiger charge is -2.22. The number of hydrogen-bond donors (Lipinski definition) is 2. The van der Waals surface area contributed by atoms with Crippen molar-refractivity contribution in [1.29, 1.82) is 0 Å². The molecule has 0 aromatic heterocycles. The van der Waals surface area contributed by atoms with Crippen LogP contribution in [0.25, 0.3) is 0 Å². The van der Waals surface area contributed by atoms with Gasteiger partial charge in [0, 0.05) is 12.6 Å². The summed E-state index contributed by atoms with van der Waals surface area (Å²) in [7, 11) is 0. The van der Waals surface area contributed by atoms with Crippen LogP contribution >= 0.6 is 0 Å². The number of rotatable bonds is 19. The first kappa shape index (κ1) is 27.8. The maximum Gasteiger partial charge on any atom is 0.299 e. The van der Waals surface area contributed by atoms with Gasteiger partial charge in [-0.25, -0.2) is 0 Å². The van der Waals surface area contributed by atoms with E-state index in [4.69, 9.17) is 23.7 Å². The van der Waals surface area contributed by atoms with Crippen molar-refractivity contribution >= 4 is 17.1 Å². The predicted molar refractivity (Wildman–Crippen MR) is 123 cm³/mol. The molecule has 1 aromatic rings. The Balaban J connectivity index is 1.36. The summed E-state index contributed by atoms with van der Waals surface area (Å²) in [6, 6.07) is 3.45. The summed E-state index contributed by atoms with van der Waals surface area (Å²) in [5.74, 6) is 0. The van der Waals surface area contributed by atoms with E-state index in [2.05, 4.69) is 10.6 Å². The molecule has 0 spiro atoms. The number of benzene rings is 1. The minimum absolute atomic E-state index is 0.200. The van der Waals surface area contributed by atoms with Gasteiger partial charge in [0.25, 0.3) is 11.4 Å². The third-order valence-electron chi connectivity index (χ3n) is 4.93. The smallest absolute Gasteiger partial charge is 0.299 e. The van der Waals surface area contributed by atoms with Crippen molar-refractivity contribution in [2.75, 3.05) is 84.4 Å². The maximum absolute atomic E-state index is 11.1. The summed E-state index contributed by atoms with van der Waals surface area (Å²) < 4.78 is 27.5. The van der Waals surface area contributed by atoms with Crippen molar-refractivity contribution in [3.63, 3.8) is 0 Å². The third-order valence-corrected chi connectivity index (χ3v) is 4.93. The molecule has 0 saturated carbocycles. The molecule has 1 aromatic carbocycles. The lowest BCUT2D eigenvalue weighted by molar-refractivity contribution is -0.393. The highest BCUT2D eigenvalue weighted by molar-refractivity contribution is 5.65. The molecule has 1 heterocycles. The Kier molecular flexibility index (Phi) is 14.0. The molecule has 2 rings (SSSR count). The molecule has 0 bridgehead atoms. The Morgan fingerprint density at radius 1 is 0.824 bits per heavy atom. The molecule has 192 valence electrons. The van der Waals surface area contributed by atoms with E-state index in [0.717, 1.165) is 32.0 Å².